The Kier molecular flexibility index (Phi) is 5.65. The maximum Gasteiger partial charge on any atom is 0.417 e. The van der Waals surface area contributed by atoms with Crippen LogP contribution in [0.5, 0.6) is 0 Å². The molecule has 0 unspecified atom stereocenters. The number of amides is 1. The van der Waals surface area contributed by atoms with Crippen LogP contribution in [0, 0.1) is 6.92 Å². The van der Waals surface area contributed by atoms with E-state index < -0.39 is 11.7 Å². The van der Waals surface area contributed by atoms with Crippen LogP contribution >= 0.6 is 0 Å². The molecule has 1 aliphatic rings. The molecule has 8 heteroatoms. The van der Waals surface area contributed by atoms with Gasteiger partial charge >= 0.3 is 6.18 Å². The third-order valence-corrected chi connectivity index (χ3v) is 4.56. The highest BCUT2D eigenvalue weighted by Gasteiger charge is 2.31. The number of nitrogens with zero attached hydrogens (tertiary/aromatic N) is 3. The summed E-state index contributed by atoms with van der Waals surface area (Å²) in [6.07, 6.45) is -3.52. The van der Waals surface area contributed by atoms with Gasteiger partial charge in [-0.2, -0.15) is 13.2 Å². The number of anilines is 2. The first-order chi connectivity index (χ1) is 12.8. The Hall–Kier alpha value is -2.61. The predicted molar refractivity (Wildman–Crippen MR) is 97.7 cm³/mol. The fraction of sp³-hybridized carbons (Fsp3) is 0.368. The summed E-state index contributed by atoms with van der Waals surface area (Å²) >= 11 is 0. The van der Waals surface area contributed by atoms with Crippen molar-refractivity contribution in [1.82, 2.24) is 9.88 Å². The molecule has 1 aromatic carbocycles. The van der Waals surface area contributed by atoms with Gasteiger partial charge in [-0.25, -0.2) is 4.98 Å². The summed E-state index contributed by atoms with van der Waals surface area (Å²) in [4.78, 5) is 20.1. The molecular weight excluding hydrogens is 357 g/mol. The summed E-state index contributed by atoms with van der Waals surface area (Å²) in [6, 6.07) is 10.0. The van der Waals surface area contributed by atoms with Crippen molar-refractivity contribution in [3.05, 3.63) is 53.7 Å². The number of nitrogens with one attached hydrogen (secondary N) is 1. The molecule has 0 saturated carbocycles. The largest absolute Gasteiger partial charge is 0.417 e. The van der Waals surface area contributed by atoms with Crippen molar-refractivity contribution in [3.63, 3.8) is 0 Å². The molecule has 1 aliphatic heterocycles. The molecule has 0 atom stereocenters. The van der Waals surface area contributed by atoms with Crippen molar-refractivity contribution in [3.8, 4) is 0 Å². The highest BCUT2D eigenvalue weighted by molar-refractivity contribution is 5.92. The zero-order valence-corrected chi connectivity index (χ0v) is 15.0. The lowest BCUT2D eigenvalue weighted by Gasteiger charge is -2.35. The molecule has 0 bridgehead atoms. The van der Waals surface area contributed by atoms with E-state index in [2.05, 4.69) is 10.3 Å². The quantitative estimate of drug-likeness (QED) is 0.888. The van der Waals surface area contributed by atoms with E-state index in [9.17, 15) is 18.0 Å². The molecule has 144 valence electrons. The van der Waals surface area contributed by atoms with Gasteiger partial charge in [0.2, 0.25) is 5.91 Å². The number of aromatic nitrogens is 1. The molecular formula is C19H21F3N4O. The fourth-order valence-electron chi connectivity index (χ4n) is 2.98. The maximum absolute atomic E-state index is 12.6. The molecule has 1 fully saturated rings. The number of halogens is 3. The highest BCUT2D eigenvalue weighted by Crippen LogP contribution is 2.29. The molecule has 2 heterocycles. The average Bonchev–Trinajstić information content (AvgIpc) is 2.64. The SMILES string of the molecule is Cc1ccccc1NC(=O)CN1CCN(c2ccc(C(F)(F)F)cn2)CC1. The van der Waals surface area contributed by atoms with E-state index in [0.29, 0.717) is 32.0 Å². The number of pyridine rings is 1. The second-order valence-electron chi connectivity index (χ2n) is 6.53. The van der Waals surface area contributed by atoms with Crippen LogP contribution in [0.15, 0.2) is 42.6 Å². The molecule has 2 aromatic rings. The number of carbonyl (C=O) groups is 1. The Labute approximate surface area is 155 Å². The maximum atomic E-state index is 12.6. The van der Waals surface area contributed by atoms with Gasteiger partial charge in [-0.15, -0.1) is 0 Å². The molecule has 1 amide bonds. The van der Waals surface area contributed by atoms with Crippen LogP contribution in [0.3, 0.4) is 0 Å². The Morgan fingerprint density at radius 3 is 2.41 bits per heavy atom. The summed E-state index contributed by atoms with van der Waals surface area (Å²) in [5, 5.41) is 2.91. The third-order valence-electron chi connectivity index (χ3n) is 4.56. The third kappa shape index (κ3) is 4.97. The van der Waals surface area contributed by atoms with Gasteiger partial charge in [0.25, 0.3) is 0 Å². The highest BCUT2D eigenvalue weighted by atomic mass is 19.4. The minimum Gasteiger partial charge on any atom is -0.354 e. The number of alkyl halides is 3. The predicted octanol–water partition coefficient (Wildman–Crippen LogP) is 3.17. The zero-order chi connectivity index (χ0) is 19.4. The van der Waals surface area contributed by atoms with E-state index in [0.717, 1.165) is 23.5 Å². The summed E-state index contributed by atoms with van der Waals surface area (Å²) in [5.74, 6) is 0.442. The van der Waals surface area contributed by atoms with Crippen LogP contribution in [0.4, 0.5) is 24.7 Å². The molecule has 0 spiro atoms. The van der Waals surface area contributed by atoms with E-state index in [4.69, 9.17) is 0 Å². The Balaban J connectivity index is 1.50. The summed E-state index contributed by atoms with van der Waals surface area (Å²) < 4.78 is 37.9. The molecule has 27 heavy (non-hydrogen) atoms. The topological polar surface area (TPSA) is 48.5 Å². The molecule has 0 aliphatic carbocycles. The van der Waals surface area contributed by atoms with Gasteiger partial charge in [-0.05, 0) is 30.7 Å². The summed E-state index contributed by atoms with van der Waals surface area (Å²) in [7, 11) is 0. The first kappa shape index (κ1) is 19.2. The number of hydrogen-bond donors (Lipinski definition) is 1. The van der Waals surface area contributed by atoms with Crippen molar-refractivity contribution < 1.29 is 18.0 Å². The molecule has 5 nitrogen and oxygen atoms in total. The van der Waals surface area contributed by atoms with Crippen LogP contribution in [0.25, 0.3) is 0 Å². The van der Waals surface area contributed by atoms with Crippen molar-refractivity contribution in [2.45, 2.75) is 13.1 Å². The molecule has 1 aromatic heterocycles. The van der Waals surface area contributed by atoms with Crippen LogP contribution < -0.4 is 10.2 Å². The lowest BCUT2D eigenvalue weighted by Crippen LogP contribution is -2.49. The van der Waals surface area contributed by atoms with Gasteiger partial charge in [0.15, 0.2) is 0 Å². The van der Waals surface area contributed by atoms with Crippen molar-refractivity contribution in [1.29, 1.82) is 0 Å². The lowest BCUT2D eigenvalue weighted by atomic mass is 10.2. The monoisotopic (exact) mass is 378 g/mol. The first-order valence-electron chi connectivity index (χ1n) is 8.69. The van der Waals surface area contributed by atoms with Crippen molar-refractivity contribution >= 4 is 17.4 Å². The van der Waals surface area contributed by atoms with E-state index in [-0.39, 0.29) is 12.5 Å². The first-order valence-corrected chi connectivity index (χ1v) is 8.69. The number of piperazine rings is 1. The number of carbonyl (C=O) groups excluding carboxylic acids is 1. The number of benzene rings is 1. The van der Waals surface area contributed by atoms with E-state index in [1.807, 2.05) is 41.0 Å². The number of aryl methyl sites for hydroxylation is 1. The zero-order valence-electron chi connectivity index (χ0n) is 15.0. The van der Waals surface area contributed by atoms with Crippen molar-refractivity contribution in [2.75, 3.05) is 42.9 Å². The van der Waals surface area contributed by atoms with Gasteiger partial charge in [-0.1, -0.05) is 18.2 Å². The normalized spacial score (nSPS) is 15.6. The summed E-state index contributed by atoms with van der Waals surface area (Å²) in [5.41, 5.74) is 1.05. The average molecular weight is 378 g/mol. The lowest BCUT2D eigenvalue weighted by molar-refractivity contribution is -0.137. The second-order valence-corrected chi connectivity index (χ2v) is 6.53. The van der Waals surface area contributed by atoms with Crippen molar-refractivity contribution in [2.24, 2.45) is 0 Å². The summed E-state index contributed by atoms with van der Waals surface area (Å²) in [6.45, 7) is 4.72. The standard InChI is InChI=1S/C19H21F3N4O/c1-14-4-2-3-5-16(14)24-18(27)13-25-8-10-26(11-9-25)17-7-6-15(12-23-17)19(20,21)22/h2-7,12H,8-11,13H2,1H3,(H,24,27). The van der Waals surface area contributed by atoms with Crippen LogP contribution in [0.2, 0.25) is 0 Å². The Morgan fingerprint density at radius 1 is 1.11 bits per heavy atom. The van der Waals surface area contributed by atoms with Crippen LogP contribution in [0.1, 0.15) is 11.1 Å². The minimum absolute atomic E-state index is 0.0783. The fourth-order valence-corrected chi connectivity index (χ4v) is 2.98. The smallest absolute Gasteiger partial charge is 0.354 e. The van der Waals surface area contributed by atoms with Crippen LogP contribution in [-0.4, -0.2) is 48.5 Å². The van der Waals surface area contributed by atoms with E-state index in [1.54, 1.807) is 0 Å². The number of hydrogen-bond acceptors (Lipinski definition) is 4. The van der Waals surface area contributed by atoms with Gasteiger partial charge in [0.1, 0.15) is 5.82 Å². The Bertz CT molecular complexity index is 784. The molecule has 3 rings (SSSR count). The van der Waals surface area contributed by atoms with E-state index >= 15 is 0 Å². The van der Waals surface area contributed by atoms with Gasteiger partial charge in [-0.3, -0.25) is 9.69 Å². The minimum atomic E-state index is -4.38. The second kappa shape index (κ2) is 7.96. The molecule has 0 radical (unpaired) electrons. The Morgan fingerprint density at radius 2 is 1.81 bits per heavy atom. The van der Waals surface area contributed by atoms with Crippen LogP contribution in [-0.2, 0) is 11.0 Å². The molecule has 1 N–H and O–H groups in total. The van der Waals surface area contributed by atoms with E-state index in [1.165, 1.54) is 6.07 Å². The van der Waals surface area contributed by atoms with Gasteiger partial charge in [0, 0.05) is 38.1 Å². The number of para-hydroxylation sites is 1. The number of rotatable bonds is 4. The van der Waals surface area contributed by atoms with Gasteiger partial charge < -0.3 is 10.2 Å². The molecule has 1 saturated heterocycles. The van der Waals surface area contributed by atoms with Gasteiger partial charge in [0.05, 0.1) is 12.1 Å².